The molecule has 0 spiro atoms. The molecule has 2 heterocycles. The molecule has 10 heteroatoms. The van der Waals surface area contributed by atoms with Gasteiger partial charge in [-0.3, -0.25) is 14.3 Å². The maximum absolute atomic E-state index is 13.7. The van der Waals surface area contributed by atoms with Crippen LogP contribution >= 0.6 is 0 Å². The molecular weight excluding hydrogens is 437 g/mol. The molecule has 0 fully saturated rings. The summed E-state index contributed by atoms with van der Waals surface area (Å²) in [7, 11) is 0. The van der Waals surface area contributed by atoms with E-state index >= 15 is 0 Å². The quantitative estimate of drug-likeness (QED) is 0.505. The third kappa shape index (κ3) is 5.82. The zero-order valence-corrected chi connectivity index (χ0v) is 18.7. The molecule has 0 aliphatic heterocycles. The topological polar surface area (TPSA) is 89.2 Å². The lowest BCUT2D eigenvalue weighted by Gasteiger charge is -2.16. The Labute approximate surface area is 189 Å². The third-order valence-electron chi connectivity index (χ3n) is 5.05. The lowest BCUT2D eigenvalue weighted by molar-refractivity contribution is -0.136. The van der Waals surface area contributed by atoms with Gasteiger partial charge in [0.2, 0.25) is 5.91 Å². The summed E-state index contributed by atoms with van der Waals surface area (Å²) in [6.07, 6.45) is -2.38. The number of amides is 2. The molecule has 3 aromatic rings. The molecular formula is C23H25F3N4O3. The first-order valence-electron chi connectivity index (χ1n) is 10.3. The first-order valence-corrected chi connectivity index (χ1v) is 10.3. The maximum Gasteiger partial charge on any atom is 0.418 e. The third-order valence-corrected chi connectivity index (χ3v) is 5.05. The monoisotopic (exact) mass is 462 g/mol. The van der Waals surface area contributed by atoms with Crippen molar-refractivity contribution < 1.29 is 27.2 Å². The molecule has 0 aliphatic carbocycles. The van der Waals surface area contributed by atoms with Crippen molar-refractivity contribution in [2.45, 2.75) is 46.8 Å². The minimum absolute atomic E-state index is 0.0619. The SMILES string of the molecule is Cc1nn(CC(C)C)c(C)c1CC(=O)Nc1ccc(NC(=O)c2ccoc2)cc1C(F)(F)F. The van der Waals surface area contributed by atoms with Crippen LogP contribution in [0.4, 0.5) is 24.5 Å². The molecule has 7 nitrogen and oxygen atoms in total. The molecule has 33 heavy (non-hydrogen) atoms. The number of nitrogens with one attached hydrogen (secondary N) is 2. The van der Waals surface area contributed by atoms with Gasteiger partial charge in [-0.15, -0.1) is 0 Å². The second-order valence-electron chi connectivity index (χ2n) is 8.17. The summed E-state index contributed by atoms with van der Waals surface area (Å²) in [5, 5.41) is 9.18. The average Bonchev–Trinajstić information content (AvgIpc) is 3.33. The fraction of sp³-hybridized carbons (Fsp3) is 0.348. The maximum atomic E-state index is 13.7. The van der Waals surface area contributed by atoms with E-state index in [1.165, 1.54) is 24.7 Å². The number of nitrogens with zero attached hydrogens (tertiary/aromatic N) is 2. The van der Waals surface area contributed by atoms with Crippen LogP contribution in [0.2, 0.25) is 0 Å². The zero-order valence-electron chi connectivity index (χ0n) is 18.7. The van der Waals surface area contributed by atoms with E-state index in [9.17, 15) is 22.8 Å². The zero-order chi connectivity index (χ0) is 24.3. The van der Waals surface area contributed by atoms with Gasteiger partial charge in [0.1, 0.15) is 6.26 Å². The van der Waals surface area contributed by atoms with Gasteiger partial charge in [0.05, 0.1) is 35.2 Å². The Morgan fingerprint density at radius 2 is 1.88 bits per heavy atom. The molecule has 0 bridgehead atoms. The molecule has 0 atom stereocenters. The number of aromatic nitrogens is 2. The number of hydrogen-bond acceptors (Lipinski definition) is 4. The first-order chi connectivity index (χ1) is 15.5. The lowest BCUT2D eigenvalue weighted by Crippen LogP contribution is -2.19. The Hall–Kier alpha value is -3.56. The van der Waals surface area contributed by atoms with Crippen molar-refractivity contribution in [1.29, 1.82) is 0 Å². The van der Waals surface area contributed by atoms with Gasteiger partial charge < -0.3 is 15.1 Å². The fourth-order valence-electron chi connectivity index (χ4n) is 3.43. The van der Waals surface area contributed by atoms with E-state index in [4.69, 9.17) is 4.42 Å². The van der Waals surface area contributed by atoms with Gasteiger partial charge in [0, 0.05) is 23.5 Å². The summed E-state index contributed by atoms with van der Waals surface area (Å²) >= 11 is 0. The highest BCUT2D eigenvalue weighted by Crippen LogP contribution is 2.37. The molecule has 2 amide bonds. The van der Waals surface area contributed by atoms with Crippen LogP contribution in [0.3, 0.4) is 0 Å². The Balaban J connectivity index is 1.79. The Morgan fingerprint density at radius 3 is 2.48 bits per heavy atom. The number of carbonyl (C=O) groups is 2. The Morgan fingerprint density at radius 1 is 1.15 bits per heavy atom. The number of alkyl halides is 3. The summed E-state index contributed by atoms with van der Waals surface area (Å²) in [4.78, 5) is 24.7. The minimum atomic E-state index is -4.74. The van der Waals surface area contributed by atoms with Crippen LogP contribution in [0, 0.1) is 19.8 Å². The number of carbonyl (C=O) groups excluding carboxylic acids is 2. The highest BCUT2D eigenvalue weighted by molar-refractivity contribution is 6.04. The van der Waals surface area contributed by atoms with E-state index in [2.05, 4.69) is 15.7 Å². The molecule has 176 valence electrons. The Bertz CT molecular complexity index is 1150. The van der Waals surface area contributed by atoms with Crippen LogP contribution in [0.5, 0.6) is 0 Å². The van der Waals surface area contributed by atoms with E-state index in [-0.39, 0.29) is 17.7 Å². The van der Waals surface area contributed by atoms with Gasteiger partial charge in [0.25, 0.3) is 5.91 Å². The molecule has 2 N–H and O–H groups in total. The van der Waals surface area contributed by atoms with Crippen molar-refractivity contribution in [2.24, 2.45) is 5.92 Å². The lowest BCUT2D eigenvalue weighted by atomic mass is 10.1. The van der Waals surface area contributed by atoms with E-state index in [0.29, 0.717) is 23.7 Å². The predicted octanol–water partition coefficient (Wildman–Crippen LogP) is 5.20. The highest BCUT2D eigenvalue weighted by Gasteiger charge is 2.34. The second kappa shape index (κ2) is 9.51. The van der Waals surface area contributed by atoms with Gasteiger partial charge in [-0.2, -0.15) is 18.3 Å². The number of benzene rings is 1. The number of furan rings is 1. The van der Waals surface area contributed by atoms with Gasteiger partial charge in [0.15, 0.2) is 0 Å². The van der Waals surface area contributed by atoms with Gasteiger partial charge in [-0.1, -0.05) is 13.8 Å². The summed E-state index contributed by atoms with van der Waals surface area (Å²) in [6, 6.07) is 4.58. The normalized spacial score (nSPS) is 11.6. The van der Waals surface area contributed by atoms with Crippen molar-refractivity contribution >= 4 is 23.2 Å². The average molecular weight is 462 g/mol. The van der Waals surface area contributed by atoms with Crippen molar-refractivity contribution in [3.8, 4) is 0 Å². The van der Waals surface area contributed by atoms with Crippen LogP contribution in [-0.2, 0) is 23.9 Å². The second-order valence-corrected chi connectivity index (χ2v) is 8.17. The van der Waals surface area contributed by atoms with E-state index in [1.54, 1.807) is 11.6 Å². The molecule has 0 saturated heterocycles. The fourth-order valence-corrected chi connectivity index (χ4v) is 3.43. The van der Waals surface area contributed by atoms with Crippen molar-refractivity contribution in [2.75, 3.05) is 10.6 Å². The van der Waals surface area contributed by atoms with E-state index < -0.39 is 29.2 Å². The first kappa shape index (κ1) is 24.1. The van der Waals surface area contributed by atoms with Crippen LogP contribution < -0.4 is 10.6 Å². The Kier molecular flexibility index (Phi) is 6.95. The van der Waals surface area contributed by atoms with Gasteiger partial charge in [-0.25, -0.2) is 0 Å². The molecule has 0 unspecified atom stereocenters. The molecule has 0 aliphatic rings. The van der Waals surface area contributed by atoms with Crippen LogP contribution in [0.1, 0.15) is 46.7 Å². The predicted molar refractivity (Wildman–Crippen MR) is 117 cm³/mol. The number of anilines is 2. The largest absolute Gasteiger partial charge is 0.472 e. The number of aryl methyl sites for hydroxylation is 1. The minimum Gasteiger partial charge on any atom is -0.472 e. The summed E-state index contributed by atoms with van der Waals surface area (Å²) in [5.74, 6) is -0.851. The van der Waals surface area contributed by atoms with E-state index in [1.807, 2.05) is 20.8 Å². The summed E-state index contributed by atoms with van der Waals surface area (Å²) in [5.41, 5.74) is 0.813. The molecule has 0 saturated carbocycles. The summed E-state index contributed by atoms with van der Waals surface area (Å²) < 4.78 is 47.6. The van der Waals surface area contributed by atoms with Gasteiger partial charge >= 0.3 is 6.18 Å². The number of rotatable bonds is 7. The van der Waals surface area contributed by atoms with Crippen molar-refractivity contribution in [3.05, 3.63) is 64.9 Å². The summed E-state index contributed by atoms with van der Waals surface area (Å²) in [6.45, 7) is 8.37. The molecule has 0 radical (unpaired) electrons. The smallest absolute Gasteiger partial charge is 0.418 e. The highest BCUT2D eigenvalue weighted by atomic mass is 19.4. The standard InChI is InChI=1S/C23H25F3N4O3/c1-13(2)11-30-15(4)18(14(3)29-30)10-21(31)28-20-6-5-17(9-19(20)23(24,25)26)27-22(32)16-7-8-33-12-16/h5-9,12-13H,10-11H2,1-4H3,(H,27,32)(H,28,31). The van der Waals surface area contributed by atoms with E-state index in [0.717, 1.165) is 17.8 Å². The van der Waals surface area contributed by atoms with Crippen molar-refractivity contribution in [3.63, 3.8) is 0 Å². The van der Waals surface area contributed by atoms with Crippen LogP contribution in [-0.4, -0.2) is 21.6 Å². The van der Waals surface area contributed by atoms with Crippen molar-refractivity contribution in [1.82, 2.24) is 9.78 Å². The van der Waals surface area contributed by atoms with Gasteiger partial charge in [-0.05, 0) is 44.0 Å². The van der Waals surface area contributed by atoms with Crippen LogP contribution in [0.25, 0.3) is 0 Å². The molecule has 1 aromatic carbocycles. The van der Waals surface area contributed by atoms with Crippen LogP contribution in [0.15, 0.2) is 41.2 Å². The number of hydrogen-bond donors (Lipinski definition) is 2. The number of halogens is 3. The molecule has 2 aromatic heterocycles. The molecule has 3 rings (SSSR count).